The van der Waals surface area contributed by atoms with Crippen molar-refractivity contribution in [2.24, 2.45) is 5.92 Å². The van der Waals surface area contributed by atoms with Gasteiger partial charge in [0.2, 0.25) is 0 Å². The van der Waals surface area contributed by atoms with E-state index in [2.05, 4.69) is 39.5 Å². The first-order valence-electron chi connectivity index (χ1n) is 6.25. The molecule has 0 aromatic rings. The van der Waals surface area contributed by atoms with Crippen molar-refractivity contribution in [3.8, 4) is 0 Å². The quantitative estimate of drug-likeness (QED) is 0.706. The molecule has 0 spiro atoms. The largest absolute Gasteiger partial charge is 0.393 e. The van der Waals surface area contributed by atoms with E-state index in [0.717, 1.165) is 19.5 Å². The van der Waals surface area contributed by atoms with Gasteiger partial charge in [0, 0.05) is 12.1 Å². The molecule has 0 saturated heterocycles. The molecule has 0 saturated carbocycles. The molecule has 15 heavy (non-hydrogen) atoms. The van der Waals surface area contributed by atoms with Crippen LogP contribution in [0.15, 0.2) is 0 Å². The normalized spacial score (nSPS) is 15.0. The van der Waals surface area contributed by atoms with Gasteiger partial charge in [0.25, 0.3) is 0 Å². The Bertz CT molecular complexity index is 164. The molecule has 2 nitrogen and oxygen atoms in total. The second kappa shape index (κ2) is 6.49. The lowest BCUT2D eigenvalue weighted by molar-refractivity contribution is 0.0588. The van der Waals surface area contributed by atoms with Gasteiger partial charge in [-0.2, -0.15) is 0 Å². The molecule has 2 heteroatoms. The minimum Gasteiger partial charge on any atom is -0.393 e. The van der Waals surface area contributed by atoms with E-state index >= 15 is 0 Å². The van der Waals surface area contributed by atoms with Gasteiger partial charge in [0.1, 0.15) is 0 Å². The highest BCUT2D eigenvalue weighted by atomic mass is 16.3. The first-order valence-corrected chi connectivity index (χ1v) is 6.25. The summed E-state index contributed by atoms with van der Waals surface area (Å²) in [4.78, 5) is 2.50. The predicted octanol–water partition coefficient (Wildman–Crippen LogP) is 2.90. The molecule has 1 atom stereocenters. The van der Waals surface area contributed by atoms with Crippen molar-refractivity contribution in [2.45, 2.75) is 66.0 Å². The molecule has 0 radical (unpaired) electrons. The Morgan fingerprint density at radius 2 is 1.67 bits per heavy atom. The molecule has 0 bridgehead atoms. The summed E-state index contributed by atoms with van der Waals surface area (Å²) in [6, 6.07) is 0. The molecule has 0 aromatic carbocycles. The highest BCUT2D eigenvalue weighted by Crippen LogP contribution is 2.24. The Labute approximate surface area is 95.7 Å². The molecule has 0 fully saturated rings. The van der Waals surface area contributed by atoms with Crippen molar-refractivity contribution in [3.63, 3.8) is 0 Å². The summed E-state index contributed by atoms with van der Waals surface area (Å²) in [5.74, 6) is 0.637. The third kappa shape index (κ3) is 4.98. The molecule has 0 aliphatic carbocycles. The first kappa shape index (κ1) is 14.9. The molecule has 92 valence electrons. The van der Waals surface area contributed by atoms with Gasteiger partial charge in [0.05, 0.1) is 6.10 Å². The number of nitrogens with zero attached hydrogens (tertiary/aromatic N) is 1. The van der Waals surface area contributed by atoms with Crippen LogP contribution in [0.1, 0.15) is 54.4 Å². The number of aliphatic hydroxyl groups excluding tert-OH is 1. The minimum atomic E-state index is -0.188. The zero-order valence-corrected chi connectivity index (χ0v) is 11.4. The van der Waals surface area contributed by atoms with Crippen LogP contribution in [-0.2, 0) is 0 Å². The van der Waals surface area contributed by atoms with Gasteiger partial charge < -0.3 is 5.11 Å². The molecule has 0 aliphatic rings. The summed E-state index contributed by atoms with van der Waals surface area (Å²) in [6.07, 6.45) is 1.86. The summed E-state index contributed by atoms with van der Waals surface area (Å²) in [5, 5.41) is 9.35. The van der Waals surface area contributed by atoms with E-state index in [-0.39, 0.29) is 11.6 Å². The van der Waals surface area contributed by atoms with Gasteiger partial charge in [-0.05, 0) is 46.1 Å². The van der Waals surface area contributed by atoms with Gasteiger partial charge >= 0.3 is 0 Å². The van der Waals surface area contributed by atoms with Crippen LogP contribution in [0.4, 0.5) is 0 Å². The molecule has 0 aromatic heterocycles. The van der Waals surface area contributed by atoms with Crippen molar-refractivity contribution in [1.82, 2.24) is 4.90 Å². The van der Waals surface area contributed by atoms with Crippen LogP contribution in [0.2, 0.25) is 0 Å². The SMILES string of the molecule is CCCN(CC[C@@H](C)O)C(C)(C)C(C)C. The zero-order valence-electron chi connectivity index (χ0n) is 11.4. The topological polar surface area (TPSA) is 23.5 Å². The maximum absolute atomic E-state index is 9.35. The highest BCUT2D eigenvalue weighted by Gasteiger charge is 2.29. The van der Waals surface area contributed by atoms with Crippen LogP contribution >= 0.6 is 0 Å². The van der Waals surface area contributed by atoms with Crippen molar-refractivity contribution in [3.05, 3.63) is 0 Å². The third-order valence-electron chi connectivity index (χ3n) is 3.54. The van der Waals surface area contributed by atoms with E-state index < -0.39 is 0 Å². The Balaban J connectivity index is 4.36. The Morgan fingerprint density at radius 1 is 1.13 bits per heavy atom. The number of hydrogen-bond acceptors (Lipinski definition) is 2. The van der Waals surface area contributed by atoms with Crippen LogP contribution in [0.5, 0.6) is 0 Å². The second-order valence-electron chi connectivity index (χ2n) is 5.43. The van der Waals surface area contributed by atoms with E-state index in [4.69, 9.17) is 0 Å². The van der Waals surface area contributed by atoms with E-state index in [1.54, 1.807) is 0 Å². The molecule has 1 N–H and O–H groups in total. The fourth-order valence-electron chi connectivity index (χ4n) is 1.67. The molecule has 0 rings (SSSR count). The lowest BCUT2D eigenvalue weighted by atomic mass is 9.88. The van der Waals surface area contributed by atoms with Crippen LogP contribution in [0, 0.1) is 5.92 Å². The van der Waals surface area contributed by atoms with Crippen LogP contribution in [0.25, 0.3) is 0 Å². The monoisotopic (exact) mass is 215 g/mol. The summed E-state index contributed by atoms with van der Waals surface area (Å²) in [7, 11) is 0. The van der Waals surface area contributed by atoms with Crippen LogP contribution < -0.4 is 0 Å². The maximum Gasteiger partial charge on any atom is 0.0524 e. The average molecular weight is 215 g/mol. The van der Waals surface area contributed by atoms with E-state index in [1.807, 2.05) is 6.92 Å². The number of aliphatic hydroxyl groups is 1. The molecular formula is C13H29NO. The predicted molar refractivity (Wildman–Crippen MR) is 67.1 cm³/mol. The number of rotatable bonds is 7. The van der Waals surface area contributed by atoms with Gasteiger partial charge in [0.15, 0.2) is 0 Å². The van der Waals surface area contributed by atoms with Crippen molar-refractivity contribution in [1.29, 1.82) is 0 Å². The summed E-state index contributed by atoms with van der Waals surface area (Å²) in [5.41, 5.74) is 0.227. The summed E-state index contributed by atoms with van der Waals surface area (Å²) in [6.45, 7) is 15.3. The zero-order chi connectivity index (χ0) is 12.1. The molecular weight excluding hydrogens is 186 g/mol. The van der Waals surface area contributed by atoms with Gasteiger partial charge in [-0.3, -0.25) is 4.90 Å². The Morgan fingerprint density at radius 3 is 2.00 bits per heavy atom. The minimum absolute atomic E-state index is 0.188. The lowest BCUT2D eigenvalue weighted by Crippen LogP contribution is -2.49. The summed E-state index contributed by atoms with van der Waals surface area (Å²) >= 11 is 0. The van der Waals surface area contributed by atoms with Crippen molar-refractivity contribution in [2.75, 3.05) is 13.1 Å². The van der Waals surface area contributed by atoms with Crippen LogP contribution in [0.3, 0.4) is 0 Å². The smallest absolute Gasteiger partial charge is 0.0524 e. The first-order chi connectivity index (χ1) is 6.82. The highest BCUT2D eigenvalue weighted by molar-refractivity contribution is 4.84. The molecule has 0 aliphatic heterocycles. The standard InChI is InChI=1S/C13H29NO/c1-7-9-14(10-8-12(4)15)13(5,6)11(2)3/h11-12,15H,7-10H2,1-6H3/t12-/m1/s1. The fourth-order valence-corrected chi connectivity index (χ4v) is 1.67. The van der Waals surface area contributed by atoms with Gasteiger partial charge in [-0.15, -0.1) is 0 Å². The van der Waals surface area contributed by atoms with Gasteiger partial charge in [-0.25, -0.2) is 0 Å². The van der Waals surface area contributed by atoms with Gasteiger partial charge in [-0.1, -0.05) is 20.8 Å². The van der Waals surface area contributed by atoms with E-state index in [9.17, 15) is 5.11 Å². The fraction of sp³-hybridized carbons (Fsp3) is 1.00. The average Bonchev–Trinajstić information content (AvgIpc) is 2.11. The van der Waals surface area contributed by atoms with Crippen molar-refractivity contribution < 1.29 is 5.11 Å². The summed E-state index contributed by atoms with van der Waals surface area (Å²) < 4.78 is 0. The van der Waals surface area contributed by atoms with Crippen molar-refractivity contribution >= 4 is 0 Å². The third-order valence-corrected chi connectivity index (χ3v) is 3.54. The van der Waals surface area contributed by atoms with E-state index in [1.165, 1.54) is 6.42 Å². The lowest BCUT2D eigenvalue weighted by Gasteiger charge is -2.42. The molecule has 0 heterocycles. The Kier molecular flexibility index (Phi) is 6.46. The molecule has 0 amide bonds. The molecule has 0 unspecified atom stereocenters. The van der Waals surface area contributed by atoms with Crippen LogP contribution in [-0.4, -0.2) is 34.7 Å². The van der Waals surface area contributed by atoms with E-state index in [0.29, 0.717) is 5.92 Å². The second-order valence-corrected chi connectivity index (χ2v) is 5.43. The Hall–Kier alpha value is -0.0800. The maximum atomic E-state index is 9.35. The number of hydrogen-bond donors (Lipinski definition) is 1.